The van der Waals surface area contributed by atoms with Crippen molar-refractivity contribution in [1.29, 1.82) is 0 Å². The van der Waals surface area contributed by atoms with Crippen LogP contribution in [-0.2, 0) is 15.4 Å². The Bertz CT molecular complexity index is 558. The fraction of sp³-hybridized carbons (Fsp3) is 0.625. The third kappa shape index (κ3) is 4.45. The number of hydrogen-bond donors (Lipinski definition) is 0. The zero-order valence-corrected chi connectivity index (χ0v) is 13.9. The van der Waals surface area contributed by atoms with Gasteiger partial charge in [-0.3, -0.25) is 0 Å². The Morgan fingerprint density at radius 1 is 1.19 bits per heavy atom. The van der Waals surface area contributed by atoms with Gasteiger partial charge in [0.15, 0.2) is 0 Å². The third-order valence-corrected chi connectivity index (χ3v) is 5.70. The largest absolute Gasteiger partial charge is 0.494 e. The first-order valence-electron chi connectivity index (χ1n) is 7.50. The molecule has 0 saturated carbocycles. The molecule has 1 saturated heterocycles. The summed E-state index contributed by atoms with van der Waals surface area (Å²) >= 11 is 0. The van der Waals surface area contributed by atoms with Gasteiger partial charge in [0.2, 0.25) is 10.0 Å². The SMILES string of the molecule is CC(C)(C)c1ccc(OCCCN2CCCS2(=O)=O)cc1. The molecule has 5 heteroatoms. The van der Waals surface area contributed by atoms with Crippen molar-refractivity contribution in [3.63, 3.8) is 0 Å². The second-order valence-electron chi connectivity index (χ2n) is 6.55. The molecule has 118 valence electrons. The van der Waals surface area contributed by atoms with Gasteiger partial charge < -0.3 is 4.74 Å². The standard InChI is InChI=1S/C16H25NO3S/c1-16(2,3)14-6-8-15(9-7-14)20-12-4-10-17-11-5-13-21(17,18)19/h6-9H,4-5,10-13H2,1-3H3. The molecule has 0 aliphatic carbocycles. The van der Waals surface area contributed by atoms with Gasteiger partial charge in [-0.1, -0.05) is 32.9 Å². The number of rotatable bonds is 5. The number of benzene rings is 1. The Morgan fingerprint density at radius 3 is 2.38 bits per heavy atom. The minimum Gasteiger partial charge on any atom is -0.494 e. The summed E-state index contributed by atoms with van der Waals surface area (Å²) in [7, 11) is -2.98. The number of hydrogen-bond acceptors (Lipinski definition) is 3. The molecule has 0 aromatic heterocycles. The number of ether oxygens (including phenoxy) is 1. The molecule has 21 heavy (non-hydrogen) atoms. The lowest BCUT2D eigenvalue weighted by Crippen LogP contribution is -2.27. The van der Waals surface area contributed by atoms with Crippen molar-refractivity contribution >= 4 is 10.0 Å². The van der Waals surface area contributed by atoms with Gasteiger partial charge in [0.05, 0.1) is 12.4 Å². The number of sulfonamides is 1. The first-order chi connectivity index (χ1) is 9.79. The molecule has 4 nitrogen and oxygen atoms in total. The van der Waals surface area contributed by atoms with Crippen LogP contribution in [0.1, 0.15) is 39.2 Å². The van der Waals surface area contributed by atoms with Crippen molar-refractivity contribution in [2.75, 3.05) is 25.4 Å². The Morgan fingerprint density at radius 2 is 1.86 bits per heavy atom. The molecular weight excluding hydrogens is 286 g/mol. The van der Waals surface area contributed by atoms with Gasteiger partial charge in [0.1, 0.15) is 5.75 Å². The first kappa shape index (κ1) is 16.3. The molecule has 0 unspecified atom stereocenters. The molecular formula is C16H25NO3S. The van der Waals surface area contributed by atoms with E-state index in [1.54, 1.807) is 4.31 Å². The van der Waals surface area contributed by atoms with Gasteiger partial charge in [-0.15, -0.1) is 0 Å². The maximum absolute atomic E-state index is 11.6. The maximum atomic E-state index is 11.6. The molecule has 1 aliphatic rings. The van der Waals surface area contributed by atoms with Crippen LogP contribution in [0.25, 0.3) is 0 Å². The topological polar surface area (TPSA) is 46.6 Å². The highest BCUT2D eigenvalue weighted by molar-refractivity contribution is 7.89. The van der Waals surface area contributed by atoms with Gasteiger partial charge >= 0.3 is 0 Å². The lowest BCUT2D eigenvalue weighted by atomic mass is 9.87. The van der Waals surface area contributed by atoms with Crippen LogP contribution < -0.4 is 4.74 Å². The monoisotopic (exact) mass is 311 g/mol. The number of nitrogens with zero attached hydrogens (tertiary/aromatic N) is 1. The van der Waals surface area contributed by atoms with Crippen LogP contribution in [0.5, 0.6) is 5.75 Å². The normalized spacial score (nSPS) is 18.8. The highest BCUT2D eigenvalue weighted by Gasteiger charge is 2.27. The van der Waals surface area contributed by atoms with E-state index in [1.165, 1.54) is 5.56 Å². The summed E-state index contributed by atoms with van der Waals surface area (Å²) in [5.41, 5.74) is 1.42. The van der Waals surface area contributed by atoms with Gasteiger partial charge in [0, 0.05) is 13.1 Å². The fourth-order valence-corrected chi connectivity index (χ4v) is 3.99. The van der Waals surface area contributed by atoms with Crippen LogP contribution in [0, 0.1) is 0 Å². The van der Waals surface area contributed by atoms with E-state index in [-0.39, 0.29) is 5.41 Å². The molecule has 0 radical (unpaired) electrons. The molecule has 0 N–H and O–H groups in total. The third-order valence-electron chi connectivity index (χ3n) is 3.74. The van der Waals surface area contributed by atoms with Gasteiger partial charge in [0.25, 0.3) is 0 Å². The van der Waals surface area contributed by atoms with E-state index < -0.39 is 10.0 Å². The Kier molecular flexibility index (Phi) is 4.94. The lowest BCUT2D eigenvalue weighted by molar-refractivity contribution is 0.292. The van der Waals surface area contributed by atoms with E-state index in [4.69, 9.17) is 4.74 Å². The molecule has 1 aliphatic heterocycles. The molecule has 2 rings (SSSR count). The van der Waals surface area contributed by atoms with Crippen LogP contribution in [0.15, 0.2) is 24.3 Å². The molecule has 0 bridgehead atoms. The van der Waals surface area contributed by atoms with E-state index in [1.807, 2.05) is 12.1 Å². The minimum absolute atomic E-state index is 0.142. The van der Waals surface area contributed by atoms with Crippen molar-refractivity contribution < 1.29 is 13.2 Å². The van der Waals surface area contributed by atoms with Gasteiger partial charge in [-0.25, -0.2) is 12.7 Å². The van der Waals surface area contributed by atoms with E-state index >= 15 is 0 Å². The highest BCUT2D eigenvalue weighted by Crippen LogP contribution is 2.24. The molecule has 1 aromatic rings. The zero-order chi connectivity index (χ0) is 15.5. The summed E-state index contributed by atoms with van der Waals surface area (Å²) < 4.78 is 30.5. The van der Waals surface area contributed by atoms with Crippen molar-refractivity contribution in [2.24, 2.45) is 0 Å². The summed E-state index contributed by atoms with van der Waals surface area (Å²) in [6.45, 7) is 8.30. The second kappa shape index (κ2) is 6.36. The summed E-state index contributed by atoms with van der Waals surface area (Å²) in [6.07, 6.45) is 1.47. The molecule has 1 heterocycles. The Hall–Kier alpha value is -1.07. The van der Waals surface area contributed by atoms with Crippen molar-refractivity contribution in [3.8, 4) is 5.75 Å². The Balaban J connectivity index is 1.76. The minimum atomic E-state index is -2.98. The molecule has 1 fully saturated rings. The van der Waals surface area contributed by atoms with Crippen molar-refractivity contribution in [1.82, 2.24) is 4.31 Å². The maximum Gasteiger partial charge on any atom is 0.214 e. The van der Waals surface area contributed by atoms with Crippen LogP contribution in [0.3, 0.4) is 0 Å². The van der Waals surface area contributed by atoms with E-state index in [0.29, 0.717) is 25.4 Å². The summed E-state index contributed by atoms with van der Waals surface area (Å²) in [5, 5.41) is 0. The van der Waals surface area contributed by atoms with E-state index in [9.17, 15) is 8.42 Å². The van der Waals surface area contributed by atoms with E-state index in [0.717, 1.165) is 18.6 Å². The highest BCUT2D eigenvalue weighted by atomic mass is 32.2. The molecule has 0 amide bonds. The van der Waals surface area contributed by atoms with Crippen LogP contribution in [0.2, 0.25) is 0 Å². The summed E-state index contributed by atoms with van der Waals surface area (Å²) in [6, 6.07) is 8.13. The molecule has 1 aromatic carbocycles. The molecule has 0 spiro atoms. The van der Waals surface area contributed by atoms with E-state index in [2.05, 4.69) is 32.9 Å². The van der Waals surface area contributed by atoms with Crippen LogP contribution in [-0.4, -0.2) is 38.2 Å². The zero-order valence-electron chi connectivity index (χ0n) is 13.1. The fourth-order valence-electron chi connectivity index (χ4n) is 2.42. The van der Waals surface area contributed by atoms with Crippen molar-refractivity contribution in [2.45, 2.75) is 39.0 Å². The predicted molar refractivity (Wildman–Crippen MR) is 85.2 cm³/mol. The smallest absolute Gasteiger partial charge is 0.214 e. The Labute approximate surface area is 128 Å². The predicted octanol–water partition coefficient (Wildman–Crippen LogP) is 2.79. The van der Waals surface area contributed by atoms with Gasteiger partial charge in [-0.05, 0) is 36.0 Å². The first-order valence-corrected chi connectivity index (χ1v) is 9.11. The second-order valence-corrected chi connectivity index (χ2v) is 8.63. The summed E-state index contributed by atoms with van der Waals surface area (Å²) in [5.74, 6) is 1.13. The lowest BCUT2D eigenvalue weighted by Gasteiger charge is -2.19. The quantitative estimate of drug-likeness (QED) is 0.786. The van der Waals surface area contributed by atoms with Crippen molar-refractivity contribution in [3.05, 3.63) is 29.8 Å². The van der Waals surface area contributed by atoms with Gasteiger partial charge in [-0.2, -0.15) is 0 Å². The van der Waals surface area contributed by atoms with Crippen LogP contribution in [0.4, 0.5) is 0 Å². The average Bonchev–Trinajstić information content (AvgIpc) is 2.73. The molecule has 0 atom stereocenters. The summed E-state index contributed by atoms with van der Waals surface area (Å²) in [4.78, 5) is 0. The average molecular weight is 311 g/mol. The van der Waals surface area contributed by atoms with Crippen LogP contribution >= 0.6 is 0 Å².